The second-order valence-electron chi connectivity index (χ2n) is 4.86. The molecule has 1 aromatic carbocycles. The molecule has 1 aliphatic rings. The monoisotopic (exact) mass is 361 g/mol. The van der Waals surface area contributed by atoms with E-state index in [1.165, 1.54) is 20.4 Å². The summed E-state index contributed by atoms with van der Waals surface area (Å²) >= 11 is 0.974. The van der Waals surface area contributed by atoms with E-state index in [1.807, 2.05) is 13.0 Å². The van der Waals surface area contributed by atoms with Crippen LogP contribution in [0.25, 0.3) is 0 Å². The smallest absolute Gasteiger partial charge is 0.337 e. The predicted octanol–water partition coefficient (Wildman–Crippen LogP) is 1.39. The van der Waals surface area contributed by atoms with Crippen molar-refractivity contribution in [2.45, 2.75) is 6.92 Å². The molecule has 2 rings (SSSR count). The number of aryl methyl sites for hydroxylation is 1. The molecule has 1 N–H and O–H groups in total. The van der Waals surface area contributed by atoms with Crippen LogP contribution in [-0.4, -0.2) is 43.4 Å². The molecular formula is C16H15N3O5S. The fourth-order valence-electron chi connectivity index (χ4n) is 1.91. The first-order valence-corrected chi connectivity index (χ1v) is 7.84. The number of nitrogens with one attached hydrogen (secondary N) is 1. The van der Waals surface area contributed by atoms with E-state index in [-0.39, 0.29) is 10.1 Å². The highest BCUT2D eigenvalue weighted by Gasteiger charge is 2.24. The number of hydrogen-bond acceptors (Lipinski definition) is 8. The largest absolute Gasteiger partial charge is 0.466 e. The van der Waals surface area contributed by atoms with Crippen molar-refractivity contribution >= 4 is 41.0 Å². The maximum absolute atomic E-state index is 11.7. The molecule has 1 amide bonds. The zero-order valence-corrected chi connectivity index (χ0v) is 14.5. The molecule has 0 unspecified atom stereocenters. The van der Waals surface area contributed by atoms with Gasteiger partial charge < -0.3 is 9.47 Å². The van der Waals surface area contributed by atoms with Gasteiger partial charge in [0.2, 0.25) is 0 Å². The van der Waals surface area contributed by atoms with Crippen LogP contribution < -0.4 is 5.32 Å². The van der Waals surface area contributed by atoms with Gasteiger partial charge in [0, 0.05) is 6.08 Å². The van der Waals surface area contributed by atoms with E-state index in [0.29, 0.717) is 11.1 Å². The van der Waals surface area contributed by atoms with Gasteiger partial charge >= 0.3 is 11.9 Å². The summed E-state index contributed by atoms with van der Waals surface area (Å²) in [6.45, 7) is 1.84. The zero-order chi connectivity index (χ0) is 18.4. The summed E-state index contributed by atoms with van der Waals surface area (Å²) in [5.41, 5.74) is 1.93. The minimum absolute atomic E-state index is 0.171. The van der Waals surface area contributed by atoms with Gasteiger partial charge in [-0.25, -0.2) is 9.59 Å². The average Bonchev–Trinajstić information content (AvgIpc) is 2.93. The molecule has 0 radical (unpaired) electrons. The van der Waals surface area contributed by atoms with E-state index in [2.05, 4.69) is 20.3 Å². The number of rotatable bonds is 4. The lowest BCUT2D eigenvalue weighted by Crippen LogP contribution is -2.19. The summed E-state index contributed by atoms with van der Waals surface area (Å²) < 4.78 is 9.16. The maximum atomic E-state index is 11.7. The van der Waals surface area contributed by atoms with Crippen LogP contribution in [0.3, 0.4) is 0 Å². The number of hydrogen-bond donors (Lipinski definition) is 1. The average molecular weight is 361 g/mol. The van der Waals surface area contributed by atoms with Crippen LogP contribution in [0.15, 0.2) is 39.4 Å². The van der Waals surface area contributed by atoms with Crippen molar-refractivity contribution in [3.8, 4) is 0 Å². The number of amidine groups is 1. The highest BCUT2D eigenvalue weighted by molar-refractivity contribution is 8.18. The van der Waals surface area contributed by atoms with E-state index in [0.717, 1.165) is 23.4 Å². The number of esters is 2. The normalized spacial score (nSPS) is 17.2. The molecule has 130 valence electrons. The molecule has 1 aromatic rings. The van der Waals surface area contributed by atoms with Gasteiger partial charge in [-0.05, 0) is 41.9 Å². The Morgan fingerprint density at radius 2 is 1.96 bits per heavy atom. The molecule has 1 saturated heterocycles. The molecule has 9 heteroatoms. The van der Waals surface area contributed by atoms with Crippen molar-refractivity contribution in [1.82, 2.24) is 5.32 Å². The van der Waals surface area contributed by atoms with Crippen molar-refractivity contribution in [3.63, 3.8) is 0 Å². The molecule has 0 atom stereocenters. The Morgan fingerprint density at radius 3 is 2.64 bits per heavy atom. The lowest BCUT2D eigenvalue weighted by Gasteiger charge is -2.02. The Kier molecular flexibility index (Phi) is 6.07. The van der Waals surface area contributed by atoms with Crippen LogP contribution in [0.2, 0.25) is 0 Å². The van der Waals surface area contributed by atoms with E-state index < -0.39 is 17.8 Å². The molecule has 0 spiro atoms. The molecule has 1 aliphatic heterocycles. The van der Waals surface area contributed by atoms with E-state index >= 15 is 0 Å². The zero-order valence-electron chi connectivity index (χ0n) is 13.7. The first kappa shape index (κ1) is 18.4. The number of amides is 1. The molecule has 1 fully saturated rings. The summed E-state index contributed by atoms with van der Waals surface area (Å²) in [7, 11) is 2.53. The first-order chi connectivity index (χ1) is 11.9. The van der Waals surface area contributed by atoms with Crippen LogP contribution in [0.1, 0.15) is 21.5 Å². The SMILES string of the molecule is COC(=O)/C=C1/S/C(=N\N=Cc2cc(C)cc(C(=O)OC)c2)NC1=O. The van der Waals surface area contributed by atoms with Crippen molar-refractivity contribution in [1.29, 1.82) is 0 Å². The van der Waals surface area contributed by atoms with E-state index in [9.17, 15) is 14.4 Å². The number of benzene rings is 1. The molecule has 0 aliphatic carbocycles. The molecular weight excluding hydrogens is 346 g/mol. The number of nitrogens with zero attached hydrogens (tertiary/aromatic N) is 2. The molecule has 0 bridgehead atoms. The van der Waals surface area contributed by atoms with Gasteiger partial charge in [0.15, 0.2) is 5.17 Å². The number of ether oxygens (including phenoxy) is 2. The van der Waals surface area contributed by atoms with Gasteiger partial charge in [0.05, 0.1) is 30.9 Å². The minimum atomic E-state index is -0.627. The quantitative estimate of drug-likeness (QED) is 0.376. The summed E-state index contributed by atoms with van der Waals surface area (Å²) in [5, 5.41) is 10.5. The van der Waals surface area contributed by atoms with Gasteiger partial charge in [0.25, 0.3) is 5.91 Å². The third-order valence-corrected chi connectivity index (χ3v) is 3.88. The van der Waals surface area contributed by atoms with Crippen LogP contribution in [0, 0.1) is 6.92 Å². The molecule has 8 nitrogen and oxygen atoms in total. The number of carbonyl (C=O) groups excluding carboxylic acids is 3. The lowest BCUT2D eigenvalue weighted by molar-refractivity contribution is -0.135. The van der Waals surface area contributed by atoms with E-state index in [1.54, 1.807) is 12.1 Å². The molecule has 0 aromatic heterocycles. The second-order valence-corrected chi connectivity index (χ2v) is 5.89. The third-order valence-electron chi connectivity index (χ3n) is 2.98. The minimum Gasteiger partial charge on any atom is -0.466 e. The van der Waals surface area contributed by atoms with Crippen molar-refractivity contribution < 1.29 is 23.9 Å². The topological polar surface area (TPSA) is 106 Å². The first-order valence-electron chi connectivity index (χ1n) is 7.03. The fraction of sp³-hybridized carbons (Fsp3) is 0.188. The Balaban J connectivity index is 2.13. The van der Waals surface area contributed by atoms with Gasteiger partial charge in [-0.1, -0.05) is 6.07 Å². The Bertz CT molecular complexity index is 814. The Hall–Kier alpha value is -2.94. The Morgan fingerprint density at radius 1 is 1.20 bits per heavy atom. The van der Waals surface area contributed by atoms with Gasteiger partial charge in [-0.2, -0.15) is 5.10 Å². The van der Waals surface area contributed by atoms with Crippen molar-refractivity contribution in [2.75, 3.05) is 14.2 Å². The van der Waals surface area contributed by atoms with Gasteiger partial charge in [-0.15, -0.1) is 5.10 Å². The number of thioether (sulfide) groups is 1. The predicted molar refractivity (Wildman–Crippen MR) is 93.4 cm³/mol. The van der Waals surface area contributed by atoms with Gasteiger partial charge in [-0.3, -0.25) is 10.1 Å². The highest BCUT2D eigenvalue weighted by atomic mass is 32.2. The van der Waals surface area contributed by atoms with Crippen LogP contribution >= 0.6 is 11.8 Å². The maximum Gasteiger partial charge on any atom is 0.337 e. The second kappa shape index (κ2) is 8.25. The van der Waals surface area contributed by atoms with Gasteiger partial charge in [0.1, 0.15) is 0 Å². The fourth-order valence-corrected chi connectivity index (χ4v) is 2.65. The third kappa shape index (κ3) is 5.01. The number of carbonyl (C=O) groups is 3. The number of methoxy groups -OCH3 is 2. The summed E-state index contributed by atoms with van der Waals surface area (Å²) in [6, 6.07) is 5.14. The summed E-state index contributed by atoms with van der Waals surface area (Å²) in [5.74, 6) is -1.52. The standard InChI is InChI=1S/C16H15N3O5S/c1-9-4-10(6-11(5-9)15(22)24-3)8-17-19-16-18-14(21)12(25-16)7-13(20)23-2/h4-8H,1-3H3,(H,18,19,21)/b12-7+,17-8?. The summed E-state index contributed by atoms with van der Waals surface area (Å²) in [6.07, 6.45) is 2.52. The Labute approximate surface area is 148 Å². The molecule has 1 heterocycles. The highest BCUT2D eigenvalue weighted by Crippen LogP contribution is 2.23. The van der Waals surface area contributed by atoms with Crippen molar-refractivity contribution in [3.05, 3.63) is 45.9 Å². The lowest BCUT2D eigenvalue weighted by atomic mass is 10.1. The summed E-state index contributed by atoms with van der Waals surface area (Å²) in [4.78, 5) is 34.6. The van der Waals surface area contributed by atoms with E-state index in [4.69, 9.17) is 4.74 Å². The van der Waals surface area contributed by atoms with Crippen LogP contribution in [-0.2, 0) is 19.1 Å². The molecule has 0 saturated carbocycles. The van der Waals surface area contributed by atoms with Crippen molar-refractivity contribution in [2.24, 2.45) is 10.2 Å². The van der Waals surface area contributed by atoms with Crippen LogP contribution in [0.4, 0.5) is 0 Å². The van der Waals surface area contributed by atoms with Crippen LogP contribution in [0.5, 0.6) is 0 Å². The molecule has 25 heavy (non-hydrogen) atoms.